The molecule has 96 valence electrons. The Morgan fingerprint density at radius 1 is 1.65 bits per heavy atom. The summed E-state index contributed by atoms with van der Waals surface area (Å²) in [6.45, 7) is 5.54. The van der Waals surface area contributed by atoms with Gasteiger partial charge in [-0.3, -0.25) is 9.69 Å². The monoisotopic (exact) mass is 239 g/mol. The van der Waals surface area contributed by atoms with Gasteiger partial charge < -0.3 is 9.30 Å². The highest BCUT2D eigenvalue weighted by molar-refractivity contribution is 5.72. The lowest BCUT2D eigenvalue weighted by Crippen LogP contribution is -2.30. The molecule has 1 aromatic heterocycles. The van der Waals surface area contributed by atoms with Gasteiger partial charge in [0.1, 0.15) is 5.82 Å². The molecule has 1 unspecified atom stereocenters. The minimum atomic E-state index is -0.140. The molecule has 0 spiro atoms. The second kappa shape index (κ2) is 6.39. The average molecular weight is 239 g/mol. The second-order valence-electron chi connectivity index (χ2n) is 4.30. The molecule has 0 aromatic carbocycles. The summed E-state index contributed by atoms with van der Waals surface area (Å²) in [5.41, 5.74) is 0. The molecular formula is C12H21N3O2. The molecule has 5 heteroatoms. The number of imidazole rings is 1. The lowest BCUT2D eigenvalue weighted by atomic mass is 10.2. The van der Waals surface area contributed by atoms with Crippen molar-refractivity contribution in [2.75, 3.05) is 20.2 Å². The number of aryl methyl sites for hydroxylation is 1. The number of hydrogen-bond acceptors (Lipinski definition) is 4. The fourth-order valence-electron chi connectivity index (χ4n) is 1.68. The Labute approximate surface area is 102 Å². The van der Waals surface area contributed by atoms with Crippen molar-refractivity contribution < 1.29 is 9.53 Å². The topological polar surface area (TPSA) is 47.4 Å². The summed E-state index contributed by atoms with van der Waals surface area (Å²) in [7, 11) is 3.94. The first-order valence-corrected chi connectivity index (χ1v) is 5.86. The molecule has 1 atom stereocenters. The maximum atomic E-state index is 11.5. The summed E-state index contributed by atoms with van der Waals surface area (Å²) in [5.74, 6) is 0.739. The van der Waals surface area contributed by atoms with Crippen molar-refractivity contribution in [1.29, 1.82) is 0 Å². The average Bonchev–Trinajstić information content (AvgIpc) is 2.64. The van der Waals surface area contributed by atoms with Gasteiger partial charge in [0.05, 0.1) is 19.1 Å². The molecule has 0 aliphatic heterocycles. The van der Waals surface area contributed by atoms with Gasteiger partial charge in [-0.15, -0.1) is 0 Å². The van der Waals surface area contributed by atoms with Crippen LogP contribution in [0.25, 0.3) is 0 Å². The van der Waals surface area contributed by atoms with Crippen LogP contribution >= 0.6 is 0 Å². The normalized spacial score (nSPS) is 12.8. The number of carbonyl (C=O) groups excluding carboxylic acids is 1. The first kappa shape index (κ1) is 13.7. The highest BCUT2D eigenvalue weighted by atomic mass is 16.5. The van der Waals surface area contributed by atoms with Gasteiger partial charge in [-0.25, -0.2) is 4.98 Å². The zero-order valence-corrected chi connectivity index (χ0v) is 11.0. The number of ether oxygens (including phenoxy) is 1. The molecule has 17 heavy (non-hydrogen) atoms. The van der Waals surface area contributed by atoms with E-state index in [0.29, 0.717) is 13.2 Å². The molecule has 0 saturated carbocycles. The van der Waals surface area contributed by atoms with E-state index in [1.807, 2.05) is 38.7 Å². The van der Waals surface area contributed by atoms with E-state index in [4.69, 9.17) is 4.74 Å². The summed E-state index contributed by atoms with van der Waals surface area (Å²) in [6.07, 6.45) is 3.69. The molecule has 0 aliphatic carbocycles. The number of nitrogens with zero attached hydrogens (tertiary/aromatic N) is 3. The lowest BCUT2D eigenvalue weighted by Gasteiger charge is -2.19. The molecule has 1 rings (SSSR count). The van der Waals surface area contributed by atoms with Crippen LogP contribution < -0.4 is 0 Å². The molecule has 0 aliphatic rings. The number of esters is 1. The van der Waals surface area contributed by atoms with Crippen molar-refractivity contribution >= 4 is 5.97 Å². The van der Waals surface area contributed by atoms with E-state index in [1.165, 1.54) is 0 Å². The Bertz CT molecular complexity index is 362. The minimum absolute atomic E-state index is 0.111. The molecular weight excluding hydrogens is 218 g/mol. The van der Waals surface area contributed by atoms with Gasteiger partial charge in [0.25, 0.3) is 0 Å². The van der Waals surface area contributed by atoms with Crippen LogP contribution in [0.3, 0.4) is 0 Å². The van der Waals surface area contributed by atoms with E-state index in [-0.39, 0.29) is 11.9 Å². The number of hydrogen-bond donors (Lipinski definition) is 0. The summed E-state index contributed by atoms with van der Waals surface area (Å²) in [6, 6.07) is 0. The van der Waals surface area contributed by atoms with Gasteiger partial charge in [0.15, 0.2) is 0 Å². The first-order chi connectivity index (χ1) is 8.04. The van der Waals surface area contributed by atoms with Crippen molar-refractivity contribution in [3.63, 3.8) is 0 Å². The van der Waals surface area contributed by atoms with Crippen LogP contribution in [0.15, 0.2) is 12.4 Å². The molecule has 0 N–H and O–H groups in total. The van der Waals surface area contributed by atoms with Crippen LogP contribution in [0, 0.1) is 5.92 Å². The fraction of sp³-hybridized carbons (Fsp3) is 0.667. The smallest absolute Gasteiger partial charge is 0.309 e. The Morgan fingerprint density at radius 3 is 2.88 bits per heavy atom. The third-order valence-corrected chi connectivity index (χ3v) is 2.61. The van der Waals surface area contributed by atoms with Gasteiger partial charge in [0.2, 0.25) is 0 Å². The Hall–Kier alpha value is -1.36. The van der Waals surface area contributed by atoms with Crippen molar-refractivity contribution in [3.05, 3.63) is 18.2 Å². The van der Waals surface area contributed by atoms with Crippen molar-refractivity contribution in [2.45, 2.75) is 20.4 Å². The van der Waals surface area contributed by atoms with Gasteiger partial charge in [-0.2, -0.15) is 0 Å². The van der Waals surface area contributed by atoms with E-state index in [2.05, 4.69) is 9.88 Å². The van der Waals surface area contributed by atoms with E-state index in [1.54, 1.807) is 6.20 Å². The molecule has 0 fully saturated rings. The van der Waals surface area contributed by atoms with Gasteiger partial charge in [-0.1, -0.05) is 6.92 Å². The van der Waals surface area contributed by atoms with E-state index < -0.39 is 0 Å². The van der Waals surface area contributed by atoms with Gasteiger partial charge >= 0.3 is 5.97 Å². The summed E-state index contributed by atoms with van der Waals surface area (Å²) in [4.78, 5) is 17.8. The molecule has 0 saturated heterocycles. The zero-order valence-electron chi connectivity index (χ0n) is 11.0. The molecule has 5 nitrogen and oxygen atoms in total. The predicted molar refractivity (Wildman–Crippen MR) is 65.3 cm³/mol. The van der Waals surface area contributed by atoms with Crippen molar-refractivity contribution in [1.82, 2.24) is 14.5 Å². The third-order valence-electron chi connectivity index (χ3n) is 2.61. The first-order valence-electron chi connectivity index (χ1n) is 5.86. The molecule has 1 aromatic rings. The molecule has 0 amide bonds. The quantitative estimate of drug-likeness (QED) is 0.696. The van der Waals surface area contributed by atoms with E-state index >= 15 is 0 Å². The summed E-state index contributed by atoms with van der Waals surface area (Å²) >= 11 is 0. The van der Waals surface area contributed by atoms with Crippen LogP contribution in [0.4, 0.5) is 0 Å². The number of aromatic nitrogens is 2. The minimum Gasteiger partial charge on any atom is -0.466 e. The molecule has 0 radical (unpaired) electrons. The summed E-state index contributed by atoms with van der Waals surface area (Å²) < 4.78 is 6.95. The van der Waals surface area contributed by atoms with Crippen LogP contribution in [-0.2, 0) is 23.1 Å². The second-order valence-corrected chi connectivity index (χ2v) is 4.30. The largest absolute Gasteiger partial charge is 0.466 e. The van der Waals surface area contributed by atoms with Gasteiger partial charge in [-0.05, 0) is 14.0 Å². The maximum absolute atomic E-state index is 11.5. The third kappa shape index (κ3) is 4.19. The highest BCUT2D eigenvalue weighted by Gasteiger charge is 2.16. The lowest BCUT2D eigenvalue weighted by molar-refractivity contribution is -0.148. The molecule has 1 heterocycles. The standard InChI is InChI=1S/C12H21N3O2/c1-5-17-12(16)10(2)8-14(3)9-11-13-6-7-15(11)4/h6-7,10H,5,8-9H2,1-4H3. The van der Waals surface area contributed by atoms with E-state index in [9.17, 15) is 4.79 Å². The zero-order chi connectivity index (χ0) is 12.8. The Kier molecular flexibility index (Phi) is 5.15. The SMILES string of the molecule is CCOC(=O)C(C)CN(C)Cc1nccn1C. The van der Waals surface area contributed by atoms with Crippen LogP contribution in [0.2, 0.25) is 0 Å². The van der Waals surface area contributed by atoms with Crippen LogP contribution in [0.5, 0.6) is 0 Å². The number of rotatable bonds is 6. The predicted octanol–water partition coefficient (Wildman–Crippen LogP) is 1.05. The molecule has 0 bridgehead atoms. The van der Waals surface area contributed by atoms with Crippen LogP contribution in [0.1, 0.15) is 19.7 Å². The van der Waals surface area contributed by atoms with Crippen molar-refractivity contribution in [2.24, 2.45) is 13.0 Å². The highest BCUT2D eigenvalue weighted by Crippen LogP contribution is 2.05. The Balaban J connectivity index is 2.41. The maximum Gasteiger partial charge on any atom is 0.309 e. The van der Waals surface area contributed by atoms with Gasteiger partial charge in [0, 0.05) is 26.0 Å². The number of carbonyl (C=O) groups is 1. The van der Waals surface area contributed by atoms with E-state index in [0.717, 1.165) is 12.4 Å². The fourth-order valence-corrected chi connectivity index (χ4v) is 1.68. The summed E-state index contributed by atoms with van der Waals surface area (Å²) in [5, 5.41) is 0. The Morgan fingerprint density at radius 2 is 2.35 bits per heavy atom. The van der Waals surface area contributed by atoms with Crippen LogP contribution in [-0.4, -0.2) is 40.6 Å². The van der Waals surface area contributed by atoms with Crippen molar-refractivity contribution in [3.8, 4) is 0 Å².